The fourth-order valence-electron chi connectivity index (χ4n) is 3.31. The van der Waals surface area contributed by atoms with Crippen molar-refractivity contribution >= 4 is 21.9 Å². The summed E-state index contributed by atoms with van der Waals surface area (Å²) in [5, 5.41) is 2.55. The Morgan fingerprint density at radius 1 is 0.385 bits per heavy atom. The monoisotopic (exact) mass is 332 g/mol. The molecule has 4 rings (SSSR count). The van der Waals surface area contributed by atoms with Gasteiger partial charge < -0.3 is 0 Å². The van der Waals surface area contributed by atoms with Crippen LogP contribution in [0.3, 0.4) is 0 Å². The molecule has 0 heteroatoms. The molecular formula is C26H20. The molecule has 124 valence electrons. The molecule has 26 heavy (non-hydrogen) atoms. The second kappa shape index (κ2) is 7.67. The molecule has 0 unspecified atom stereocenters. The van der Waals surface area contributed by atoms with E-state index in [1.807, 2.05) is 12.2 Å². The van der Waals surface area contributed by atoms with Crippen LogP contribution >= 0.6 is 0 Å². The molecule has 0 nitrogen and oxygen atoms in total. The van der Waals surface area contributed by atoms with Gasteiger partial charge >= 0.3 is 0 Å². The van der Waals surface area contributed by atoms with E-state index in [1.165, 1.54) is 33.0 Å². The summed E-state index contributed by atoms with van der Waals surface area (Å²) in [4.78, 5) is 0. The van der Waals surface area contributed by atoms with E-state index in [0.717, 1.165) is 0 Å². The minimum absolute atomic E-state index is 1.22. The molecule has 0 radical (unpaired) electrons. The largest absolute Gasteiger partial charge is 0.0623 e. The van der Waals surface area contributed by atoms with E-state index in [9.17, 15) is 0 Å². The molecule has 0 saturated heterocycles. The van der Waals surface area contributed by atoms with E-state index in [-0.39, 0.29) is 0 Å². The number of hydrogen-bond acceptors (Lipinski definition) is 0. The van der Waals surface area contributed by atoms with Gasteiger partial charge in [0.05, 0.1) is 0 Å². The average Bonchev–Trinajstić information content (AvgIpc) is 2.61. The smallest absolute Gasteiger partial charge is 0.00992 e. The molecule has 0 N–H and O–H groups in total. The first-order valence-corrected chi connectivity index (χ1v) is 8.89. The molecule has 0 bridgehead atoms. The lowest BCUT2D eigenvalue weighted by Crippen LogP contribution is -1.90. The second-order valence-electron chi connectivity index (χ2n) is 6.21. The van der Waals surface area contributed by atoms with Crippen LogP contribution in [0.5, 0.6) is 0 Å². The summed E-state index contributed by atoms with van der Waals surface area (Å²) in [5.41, 5.74) is 4.95. The number of benzene rings is 2. The van der Waals surface area contributed by atoms with Crippen molar-refractivity contribution in [2.75, 3.05) is 0 Å². The highest BCUT2D eigenvalue weighted by atomic mass is 14.1. The van der Waals surface area contributed by atoms with Crippen molar-refractivity contribution in [3.8, 4) is 0 Å². The summed E-state index contributed by atoms with van der Waals surface area (Å²) in [5.74, 6) is 0. The highest BCUT2D eigenvalue weighted by molar-refractivity contribution is 6.03. The van der Waals surface area contributed by atoms with Crippen LogP contribution in [0.1, 0.15) is 11.1 Å². The molecule has 2 aliphatic carbocycles. The van der Waals surface area contributed by atoms with Gasteiger partial charge in [0.15, 0.2) is 0 Å². The van der Waals surface area contributed by atoms with Crippen LogP contribution in [0.4, 0.5) is 0 Å². The molecule has 0 aliphatic heterocycles. The normalized spacial score (nSPS) is 27.4. The Labute approximate surface area is 154 Å². The third kappa shape index (κ3) is 3.36. The molecule has 2 aromatic rings. The van der Waals surface area contributed by atoms with Crippen molar-refractivity contribution < 1.29 is 0 Å². The minimum atomic E-state index is 1.22. The third-order valence-electron chi connectivity index (χ3n) is 4.54. The van der Waals surface area contributed by atoms with Crippen LogP contribution in [-0.2, 0) is 0 Å². The molecule has 0 heterocycles. The maximum absolute atomic E-state index is 2.21. The van der Waals surface area contributed by atoms with Crippen molar-refractivity contribution in [1.82, 2.24) is 0 Å². The third-order valence-corrected chi connectivity index (χ3v) is 4.54. The first-order chi connectivity index (χ1) is 12.9. The fraction of sp³-hybridized carbons (Fsp3) is 0. The second-order valence-corrected chi connectivity index (χ2v) is 6.21. The molecule has 0 aromatic heterocycles. The van der Waals surface area contributed by atoms with Crippen LogP contribution in [-0.4, -0.2) is 0 Å². The lowest BCUT2D eigenvalue weighted by Gasteiger charge is -2.12. The maximum Gasteiger partial charge on any atom is -0.00992 e. The highest BCUT2D eigenvalue weighted by Gasteiger charge is 2.09. The number of allylic oxidation sites excluding steroid dienone is 16. The maximum atomic E-state index is 2.21. The Kier molecular flexibility index (Phi) is 4.75. The van der Waals surface area contributed by atoms with Gasteiger partial charge in [-0.2, -0.15) is 0 Å². The first-order valence-electron chi connectivity index (χ1n) is 8.89. The summed E-state index contributed by atoms with van der Waals surface area (Å²) in [7, 11) is 0. The summed E-state index contributed by atoms with van der Waals surface area (Å²) >= 11 is 0. The van der Waals surface area contributed by atoms with Crippen LogP contribution in [0.2, 0.25) is 0 Å². The quantitative estimate of drug-likeness (QED) is 0.557. The Morgan fingerprint density at radius 2 is 0.808 bits per heavy atom. The average molecular weight is 332 g/mol. The van der Waals surface area contributed by atoms with Crippen LogP contribution < -0.4 is 0 Å². The molecular weight excluding hydrogens is 312 g/mol. The Hall–Kier alpha value is -3.38. The highest BCUT2D eigenvalue weighted by Crippen LogP contribution is 2.32. The van der Waals surface area contributed by atoms with Crippen LogP contribution in [0, 0.1) is 0 Å². The van der Waals surface area contributed by atoms with Crippen molar-refractivity contribution in [2.45, 2.75) is 0 Å². The lowest BCUT2D eigenvalue weighted by atomic mass is 9.91. The van der Waals surface area contributed by atoms with Gasteiger partial charge in [-0.05, 0) is 33.0 Å². The first kappa shape index (κ1) is 16.1. The fourth-order valence-corrected chi connectivity index (χ4v) is 3.31. The van der Waals surface area contributed by atoms with Gasteiger partial charge in [-0.3, -0.25) is 0 Å². The molecule has 0 saturated carbocycles. The van der Waals surface area contributed by atoms with Gasteiger partial charge in [0.1, 0.15) is 0 Å². The van der Waals surface area contributed by atoms with Crippen molar-refractivity contribution in [3.05, 3.63) is 133 Å². The molecule has 0 spiro atoms. The van der Waals surface area contributed by atoms with Gasteiger partial charge in [-0.15, -0.1) is 0 Å². The number of rotatable bonds is 2. The van der Waals surface area contributed by atoms with Crippen molar-refractivity contribution in [3.63, 3.8) is 0 Å². The zero-order valence-corrected chi connectivity index (χ0v) is 14.5. The summed E-state index contributed by atoms with van der Waals surface area (Å²) in [6.45, 7) is 0. The van der Waals surface area contributed by atoms with Crippen LogP contribution in [0.15, 0.2) is 121 Å². The van der Waals surface area contributed by atoms with Gasteiger partial charge in [-0.25, -0.2) is 0 Å². The molecule has 2 aliphatic rings. The SMILES string of the molecule is C1=C\C=C/C(c2cccc3c(C4=C/C=C\C=C/C=C\4)cccc23)=C\C=C/1. The molecule has 2 aromatic carbocycles. The van der Waals surface area contributed by atoms with E-state index in [4.69, 9.17) is 0 Å². The van der Waals surface area contributed by atoms with E-state index in [2.05, 4.69) is 109 Å². The van der Waals surface area contributed by atoms with Gasteiger partial charge in [-0.1, -0.05) is 121 Å². The van der Waals surface area contributed by atoms with Crippen molar-refractivity contribution in [1.29, 1.82) is 0 Å². The standard InChI is InChI=1S/C26H20/c1-3-7-13-21(14-8-4-1)23-17-11-20-26-24(18-12-19-25(23)26)22-15-9-5-2-6-10-16-22/h1-20H/b3-1-,4-1?,5-2-,6-2?,7-3?,8-4-,9-5?,10-6-,13-7-,14-8?,15-9-,16-10?,21-13?,21-14+,22-15?,22-16+. The van der Waals surface area contributed by atoms with Gasteiger partial charge in [0.2, 0.25) is 0 Å². The predicted octanol–water partition coefficient (Wildman–Crippen LogP) is 6.97. The van der Waals surface area contributed by atoms with Crippen molar-refractivity contribution in [2.24, 2.45) is 0 Å². The lowest BCUT2D eigenvalue weighted by molar-refractivity contribution is 1.63. The van der Waals surface area contributed by atoms with Gasteiger partial charge in [0, 0.05) is 0 Å². The van der Waals surface area contributed by atoms with E-state index in [1.54, 1.807) is 0 Å². The van der Waals surface area contributed by atoms with E-state index >= 15 is 0 Å². The number of hydrogen-bond donors (Lipinski definition) is 0. The predicted molar refractivity (Wildman–Crippen MR) is 115 cm³/mol. The molecule has 0 amide bonds. The number of fused-ring (bicyclic) bond motifs is 1. The topological polar surface area (TPSA) is 0 Å². The Bertz CT molecular complexity index is 973. The summed E-state index contributed by atoms with van der Waals surface area (Å²) < 4.78 is 0. The molecule has 0 atom stereocenters. The zero-order chi connectivity index (χ0) is 17.6. The summed E-state index contributed by atoms with van der Waals surface area (Å²) in [6.07, 6.45) is 29.4. The molecule has 0 fully saturated rings. The van der Waals surface area contributed by atoms with Crippen LogP contribution in [0.25, 0.3) is 21.9 Å². The Balaban J connectivity index is 1.89. The van der Waals surface area contributed by atoms with E-state index in [0.29, 0.717) is 0 Å². The Morgan fingerprint density at radius 3 is 1.31 bits per heavy atom. The zero-order valence-electron chi connectivity index (χ0n) is 14.5. The summed E-state index contributed by atoms with van der Waals surface area (Å²) in [6, 6.07) is 13.1. The van der Waals surface area contributed by atoms with E-state index < -0.39 is 0 Å². The minimum Gasteiger partial charge on any atom is -0.0623 e. The van der Waals surface area contributed by atoms with Gasteiger partial charge in [0.25, 0.3) is 0 Å².